The third-order valence-corrected chi connectivity index (χ3v) is 5.83. The number of likely N-dealkylation sites (tertiary alicyclic amines) is 1. The van der Waals surface area contributed by atoms with E-state index in [1.165, 1.54) is 29.2 Å². The smallest absolute Gasteiger partial charge is 0.417 e. The van der Waals surface area contributed by atoms with Crippen LogP contribution in [-0.2, 0) is 6.18 Å². The van der Waals surface area contributed by atoms with Gasteiger partial charge in [-0.2, -0.15) is 13.2 Å². The normalized spacial score (nSPS) is 26.4. The van der Waals surface area contributed by atoms with Crippen molar-refractivity contribution in [3.05, 3.63) is 59.7 Å². The van der Waals surface area contributed by atoms with Crippen LogP contribution in [0.15, 0.2) is 42.7 Å². The molecule has 1 aromatic heterocycles. The Kier molecular flexibility index (Phi) is 5.40. The van der Waals surface area contributed by atoms with Gasteiger partial charge in [0, 0.05) is 25.5 Å². The van der Waals surface area contributed by atoms with E-state index in [2.05, 4.69) is 4.98 Å². The molecule has 5 nitrogen and oxygen atoms in total. The number of carbonyl (C=O) groups is 1. The topological polar surface area (TPSA) is 62.7 Å². The number of benzene rings is 1. The Labute approximate surface area is 170 Å². The molecule has 2 aromatic rings. The van der Waals surface area contributed by atoms with E-state index < -0.39 is 41.2 Å². The molecule has 0 bridgehead atoms. The van der Waals surface area contributed by atoms with Crippen LogP contribution in [0.2, 0.25) is 0 Å². The molecule has 2 heterocycles. The van der Waals surface area contributed by atoms with Crippen LogP contribution in [0.3, 0.4) is 0 Å². The van der Waals surface area contributed by atoms with E-state index in [0.29, 0.717) is 18.6 Å². The van der Waals surface area contributed by atoms with E-state index in [1.54, 1.807) is 0 Å². The lowest BCUT2D eigenvalue weighted by Crippen LogP contribution is -2.42. The molecular weight excluding hydrogens is 404 g/mol. The zero-order valence-electron chi connectivity index (χ0n) is 15.8. The molecule has 1 aromatic carbocycles. The molecule has 0 radical (unpaired) electrons. The fourth-order valence-electron chi connectivity index (χ4n) is 4.35. The SMILES string of the molecule is O=C(c1cnccc1C(F)(F)F)N1C[C@H]2C[C@@H](Oc3ccc(F)cc3)[C@H](O)C[C@H]2C1. The van der Waals surface area contributed by atoms with Crippen molar-refractivity contribution in [1.29, 1.82) is 0 Å². The van der Waals surface area contributed by atoms with Gasteiger partial charge in [0.25, 0.3) is 5.91 Å². The predicted octanol–water partition coefficient (Wildman–Crippen LogP) is 3.53. The van der Waals surface area contributed by atoms with Gasteiger partial charge in [0.05, 0.1) is 17.2 Å². The summed E-state index contributed by atoms with van der Waals surface area (Å²) in [7, 11) is 0. The van der Waals surface area contributed by atoms with Crippen molar-refractivity contribution in [2.24, 2.45) is 11.8 Å². The molecule has 2 aliphatic rings. The molecule has 4 atom stereocenters. The van der Waals surface area contributed by atoms with Gasteiger partial charge in [0.2, 0.25) is 0 Å². The Balaban J connectivity index is 1.46. The number of hydrogen-bond donors (Lipinski definition) is 1. The van der Waals surface area contributed by atoms with Crippen LogP contribution in [0.4, 0.5) is 17.6 Å². The molecule has 1 saturated carbocycles. The Morgan fingerprint density at radius 2 is 1.77 bits per heavy atom. The van der Waals surface area contributed by atoms with E-state index >= 15 is 0 Å². The third-order valence-electron chi connectivity index (χ3n) is 5.83. The summed E-state index contributed by atoms with van der Waals surface area (Å²) in [6, 6.07) is 6.26. The van der Waals surface area contributed by atoms with Gasteiger partial charge in [-0.25, -0.2) is 4.39 Å². The van der Waals surface area contributed by atoms with Crippen molar-refractivity contribution in [1.82, 2.24) is 9.88 Å². The van der Waals surface area contributed by atoms with Crippen LogP contribution in [0.5, 0.6) is 5.75 Å². The third kappa shape index (κ3) is 4.12. The lowest BCUT2D eigenvalue weighted by atomic mass is 9.78. The van der Waals surface area contributed by atoms with Crippen LogP contribution in [0.1, 0.15) is 28.8 Å². The second-order valence-corrected chi connectivity index (χ2v) is 7.80. The molecule has 4 rings (SSSR count). The molecule has 9 heteroatoms. The van der Waals surface area contributed by atoms with Crippen molar-refractivity contribution in [2.75, 3.05) is 13.1 Å². The highest BCUT2D eigenvalue weighted by molar-refractivity contribution is 5.95. The molecule has 1 aliphatic heterocycles. The van der Waals surface area contributed by atoms with Crippen LogP contribution in [0.25, 0.3) is 0 Å². The van der Waals surface area contributed by atoms with E-state index in [-0.39, 0.29) is 24.9 Å². The van der Waals surface area contributed by atoms with Crippen molar-refractivity contribution >= 4 is 5.91 Å². The highest BCUT2D eigenvalue weighted by Gasteiger charge is 2.45. The van der Waals surface area contributed by atoms with Gasteiger partial charge in [-0.15, -0.1) is 0 Å². The second kappa shape index (κ2) is 7.86. The van der Waals surface area contributed by atoms with E-state index in [0.717, 1.165) is 18.5 Å². The number of aliphatic hydroxyl groups excluding tert-OH is 1. The van der Waals surface area contributed by atoms with Crippen molar-refractivity contribution < 1.29 is 32.2 Å². The first-order chi connectivity index (χ1) is 14.2. The number of ether oxygens (including phenoxy) is 1. The molecule has 0 unspecified atom stereocenters. The first-order valence-corrected chi connectivity index (χ1v) is 9.63. The molecule has 30 heavy (non-hydrogen) atoms. The van der Waals surface area contributed by atoms with Gasteiger partial charge in [0.1, 0.15) is 17.7 Å². The van der Waals surface area contributed by atoms with Gasteiger partial charge in [-0.05, 0) is 55.0 Å². The van der Waals surface area contributed by atoms with Gasteiger partial charge in [0.15, 0.2) is 0 Å². The number of pyridine rings is 1. The summed E-state index contributed by atoms with van der Waals surface area (Å²) in [5.74, 6) is -0.715. The maximum atomic E-state index is 13.3. The van der Waals surface area contributed by atoms with Gasteiger partial charge < -0.3 is 14.7 Å². The van der Waals surface area contributed by atoms with Crippen molar-refractivity contribution in [3.63, 3.8) is 0 Å². The Morgan fingerprint density at radius 1 is 1.10 bits per heavy atom. The van der Waals surface area contributed by atoms with Crippen LogP contribution >= 0.6 is 0 Å². The van der Waals surface area contributed by atoms with Crippen LogP contribution in [0, 0.1) is 17.7 Å². The molecule has 1 aliphatic carbocycles. The minimum Gasteiger partial charge on any atom is -0.488 e. The standard InChI is InChI=1S/C21H20F4N2O3/c22-14-1-3-15(4-2-14)30-19-8-13-11-27(10-12(13)7-18(19)28)20(29)16-9-26-6-5-17(16)21(23,24)25/h1-6,9,12-13,18-19,28H,7-8,10-11H2/t12-,13+,18+,19+/m0/s1. The summed E-state index contributed by atoms with van der Waals surface area (Å²) in [6.45, 7) is 0.557. The van der Waals surface area contributed by atoms with Gasteiger partial charge in [-0.1, -0.05) is 0 Å². The summed E-state index contributed by atoms with van der Waals surface area (Å²) < 4.78 is 58.6. The minimum absolute atomic E-state index is 0.00573. The summed E-state index contributed by atoms with van der Waals surface area (Å²) in [4.78, 5) is 17.9. The number of amides is 1. The van der Waals surface area contributed by atoms with E-state index in [9.17, 15) is 27.5 Å². The monoisotopic (exact) mass is 424 g/mol. The number of nitrogens with zero attached hydrogens (tertiary/aromatic N) is 2. The van der Waals surface area contributed by atoms with Crippen LogP contribution in [-0.4, -0.2) is 46.2 Å². The van der Waals surface area contributed by atoms with E-state index in [1.807, 2.05) is 0 Å². The molecule has 2 fully saturated rings. The van der Waals surface area contributed by atoms with Crippen molar-refractivity contribution in [3.8, 4) is 5.75 Å². The quantitative estimate of drug-likeness (QED) is 0.766. The molecule has 160 valence electrons. The average Bonchev–Trinajstić information content (AvgIpc) is 3.11. The minimum atomic E-state index is -4.65. The van der Waals surface area contributed by atoms with Crippen molar-refractivity contribution in [2.45, 2.75) is 31.2 Å². The maximum absolute atomic E-state index is 13.3. The lowest BCUT2D eigenvalue weighted by Gasteiger charge is -2.35. The molecule has 0 spiro atoms. The number of rotatable bonds is 3. The Hall–Kier alpha value is -2.68. The number of halogens is 4. The molecule has 1 saturated heterocycles. The predicted molar refractivity (Wildman–Crippen MR) is 98.2 cm³/mol. The Bertz CT molecular complexity index is 919. The fraction of sp³-hybridized carbons (Fsp3) is 0.429. The van der Waals surface area contributed by atoms with Gasteiger partial charge in [-0.3, -0.25) is 9.78 Å². The highest BCUT2D eigenvalue weighted by atomic mass is 19.4. The lowest BCUT2D eigenvalue weighted by molar-refractivity contribution is -0.138. The number of alkyl halides is 3. The maximum Gasteiger partial charge on any atom is 0.417 e. The molecule has 1 N–H and O–H groups in total. The zero-order valence-corrected chi connectivity index (χ0v) is 15.8. The number of aliphatic hydroxyl groups is 1. The average molecular weight is 424 g/mol. The molecule has 1 amide bonds. The zero-order chi connectivity index (χ0) is 21.5. The van der Waals surface area contributed by atoms with E-state index in [4.69, 9.17) is 4.74 Å². The summed E-state index contributed by atoms with van der Waals surface area (Å²) in [5, 5.41) is 10.5. The number of fused-ring (bicyclic) bond motifs is 1. The van der Waals surface area contributed by atoms with Crippen LogP contribution < -0.4 is 4.74 Å². The van der Waals surface area contributed by atoms with Gasteiger partial charge >= 0.3 is 6.18 Å². The summed E-state index contributed by atoms with van der Waals surface area (Å²) in [5.41, 5.74) is -1.47. The summed E-state index contributed by atoms with van der Waals surface area (Å²) >= 11 is 0. The first-order valence-electron chi connectivity index (χ1n) is 9.63. The highest BCUT2D eigenvalue weighted by Crippen LogP contribution is 2.39. The second-order valence-electron chi connectivity index (χ2n) is 7.80. The number of aromatic nitrogens is 1. The Morgan fingerprint density at radius 3 is 2.43 bits per heavy atom. The number of carbonyl (C=O) groups excluding carboxylic acids is 1. The summed E-state index contributed by atoms with van der Waals surface area (Å²) in [6.07, 6.45) is -3.18. The first kappa shape index (κ1) is 20.6. The largest absolute Gasteiger partial charge is 0.488 e. The fourth-order valence-corrected chi connectivity index (χ4v) is 4.35. The molecular formula is C21H20F4N2O3. The number of hydrogen-bond acceptors (Lipinski definition) is 4.